The summed E-state index contributed by atoms with van der Waals surface area (Å²) in [4.78, 5) is 13.8. The van der Waals surface area contributed by atoms with Crippen molar-refractivity contribution in [3.05, 3.63) is 49.6 Å². The average molecular weight is 302 g/mol. The minimum absolute atomic E-state index is 0.0138. The lowest BCUT2D eigenvalue weighted by Gasteiger charge is -2.19. The van der Waals surface area contributed by atoms with Crippen molar-refractivity contribution in [1.29, 1.82) is 0 Å². The molecule has 0 saturated heterocycles. The first-order chi connectivity index (χ1) is 10.6. The van der Waals surface area contributed by atoms with Crippen LogP contribution in [0.25, 0.3) is 0 Å². The van der Waals surface area contributed by atoms with Gasteiger partial charge < -0.3 is 15.0 Å². The highest BCUT2D eigenvalue weighted by Crippen LogP contribution is 2.16. The zero-order chi connectivity index (χ0) is 16.4. The third-order valence-electron chi connectivity index (χ3n) is 2.93. The second-order valence-corrected chi connectivity index (χ2v) is 5.46. The van der Waals surface area contributed by atoms with Crippen molar-refractivity contribution in [3.8, 4) is 5.75 Å². The Kier molecular flexibility index (Phi) is 7.83. The van der Waals surface area contributed by atoms with Crippen molar-refractivity contribution >= 4 is 11.6 Å². The number of hydrogen-bond acceptors (Lipinski definition) is 3. The Balaban J connectivity index is 2.47. The number of benzene rings is 1. The number of hydrogen-bond donors (Lipinski definition) is 1. The second kappa shape index (κ2) is 9.66. The van der Waals surface area contributed by atoms with E-state index in [1.807, 2.05) is 24.3 Å². The van der Waals surface area contributed by atoms with Crippen molar-refractivity contribution in [2.45, 2.75) is 13.8 Å². The highest BCUT2D eigenvalue weighted by molar-refractivity contribution is 5.81. The molecular formula is C18H26N2O2. The van der Waals surface area contributed by atoms with E-state index in [0.29, 0.717) is 25.6 Å². The molecule has 1 N–H and O–H groups in total. The van der Waals surface area contributed by atoms with Gasteiger partial charge in [0.05, 0.1) is 13.2 Å². The third kappa shape index (κ3) is 6.48. The Morgan fingerprint density at radius 1 is 1.23 bits per heavy atom. The smallest absolute Gasteiger partial charge is 0.242 e. The monoisotopic (exact) mass is 302 g/mol. The molecule has 4 nitrogen and oxygen atoms in total. The molecule has 1 amide bonds. The van der Waals surface area contributed by atoms with Crippen molar-refractivity contribution in [2.24, 2.45) is 5.92 Å². The van der Waals surface area contributed by atoms with E-state index in [-0.39, 0.29) is 12.5 Å². The summed E-state index contributed by atoms with van der Waals surface area (Å²) in [5.41, 5.74) is 0.891. The predicted molar refractivity (Wildman–Crippen MR) is 92.2 cm³/mol. The van der Waals surface area contributed by atoms with Gasteiger partial charge in [-0.3, -0.25) is 4.79 Å². The largest absolute Gasteiger partial charge is 0.493 e. The number of ether oxygens (including phenoxy) is 1. The summed E-state index contributed by atoms with van der Waals surface area (Å²) in [5.74, 6) is 1.35. The summed E-state index contributed by atoms with van der Waals surface area (Å²) in [6.45, 7) is 13.5. The summed E-state index contributed by atoms with van der Waals surface area (Å²) in [7, 11) is 0. The molecule has 22 heavy (non-hydrogen) atoms. The third-order valence-corrected chi connectivity index (χ3v) is 2.93. The maximum Gasteiger partial charge on any atom is 0.242 e. The molecule has 120 valence electrons. The van der Waals surface area contributed by atoms with Crippen LogP contribution in [0.3, 0.4) is 0 Å². The maximum atomic E-state index is 12.1. The fourth-order valence-electron chi connectivity index (χ4n) is 1.81. The number of amides is 1. The lowest BCUT2D eigenvalue weighted by Crippen LogP contribution is -2.35. The van der Waals surface area contributed by atoms with Crippen LogP contribution in [0.5, 0.6) is 5.75 Å². The Labute approximate surface area is 133 Å². The van der Waals surface area contributed by atoms with Crippen LogP contribution in [0.1, 0.15) is 13.8 Å². The van der Waals surface area contributed by atoms with Crippen LogP contribution in [-0.4, -0.2) is 37.0 Å². The summed E-state index contributed by atoms with van der Waals surface area (Å²) in [6, 6.07) is 7.63. The highest BCUT2D eigenvalue weighted by atomic mass is 16.5. The molecule has 1 aromatic carbocycles. The molecule has 0 bridgehead atoms. The van der Waals surface area contributed by atoms with Crippen molar-refractivity contribution in [3.63, 3.8) is 0 Å². The highest BCUT2D eigenvalue weighted by Gasteiger charge is 2.09. The van der Waals surface area contributed by atoms with Gasteiger partial charge in [0, 0.05) is 18.8 Å². The molecule has 0 aliphatic carbocycles. The van der Waals surface area contributed by atoms with Gasteiger partial charge >= 0.3 is 0 Å². The van der Waals surface area contributed by atoms with Crippen LogP contribution in [0.4, 0.5) is 5.69 Å². The minimum Gasteiger partial charge on any atom is -0.493 e. The van der Waals surface area contributed by atoms with E-state index in [0.717, 1.165) is 11.4 Å². The van der Waals surface area contributed by atoms with Crippen molar-refractivity contribution in [2.75, 3.05) is 31.6 Å². The molecule has 1 aromatic rings. The van der Waals surface area contributed by atoms with Gasteiger partial charge in [-0.2, -0.15) is 0 Å². The van der Waals surface area contributed by atoms with Crippen LogP contribution in [0, 0.1) is 5.92 Å². The van der Waals surface area contributed by atoms with E-state index >= 15 is 0 Å². The fraction of sp³-hybridized carbons (Fsp3) is 0.389. The summed E-state index contributed by atoms with van der Waals surface area (Å²) >= 11 is 0. The van der Waals surface area contributed by atoms with E-state index < -0.39 is 0 Å². The lowest BCUT2D eigenvalue weighted by molar-refractivity contribution is -0.128. The normalized spacial score (nSPS) is 10.1. The Bertz CT molecular complexity index is 470. The first-order valence-corrected chi connectivity index (χ1v) is 7.53. The molecule has 0 fully saturated rings. The molecule has 0 atom stereocenters. The SMILES string of the molecule is C=CCN(CC=C)C(=O)CNc1ccc(OCC(C)C)cc1. The van der Waals surface area contributed by atoms with E-state index in [1.54, 1.807) is 17.1 Å². The summed E-state index contributed by atoms with van der Waals surface area (Å²) < 4.78 is 5.63. The van der Waals surface area contributed by atoms with Crippen LogP contribution < -0.4 is 10.1 Å². The van der Waals surface area contributed by atoms with E-state index in [1.165, 1.54) is 0 Å². The minimum atomic E-state index is 0.0138. The molecule has 0 radical (unpaired) electrons. The quantitative estimate of drug-likeness (QED) is 0.674. The molecular weight excluding hydrogens is 276 g/mol. The molecule has 0 heterocycles. The van der Waals surface area contributed by atoms with Crippen LogP contribution in [-0.2, 0) is 4.79 Å². The number of carbonyl (C=O) groups excluding carboxylic acids is 1. The lowest BCUT2D eigenvalue weighted by atomic mass is 10.2. The number of nitrogens with one attached hydrogen (secondary N) is 1. The zero-order valence-electron chi connectivity index (χ0n) is 13.5. The van der Waals surface area contributed by atoms with Gasteiger partial charge in [-0.25, -0.2) is 0 Å². The first kappa shape index (κ1) is 17.8. The standard InChI is InChI=1S/C18H26N2O2/c1-5-11-20(12-6-2)18(21)13-19-16-7-9-17(10-8-16)22-14-15(3)4/h5-10,15,19H,1-2,11-14H2,3-4H3. The molecule has 0 aliphatic rings. The van der Waals surface area contributed by atoms with Gasteiger partial charge in [-0.15, -0.1) is 13.2 Å². The molecule has 0 aliphatic heterocycles. The van der Waals surface area contributed by atoms with E-state index in [4.69, 9.17) is 4.74 Å². The van der Waals surface area contributed by atoms with Gasteiger partial charge in [0.25, 0.3) is 0 Å². The first-order valence-electron chi connectivity index (χ1n) is 7.53. The van der Waals surface area contributed by atoms with Crippen LogP contribution >= 0.6 is 0 Å². The number of nitrogens with zero attached hydrogens (tertiary/aromatic N) is 1. The number of anilines is 1. The second-order valence-electron chi connectivity index (χ2n) is 5.46. The predicted octanol–water partition coefficient (Wildman–Crippen LogP) is 3.33. The molecule has 0 spiro atoms. The molecule has 0 aromatic heterocycles. The maximum absolute atomic E-state index is 12.1. The average Bonchev–Trinajstić information content (AvgIpc) is 2.51. The topological polar surface area (TPSA) is 41.6 Å². The van der Waals surface area contributed by atoms with E-state index in [9.17, 15) is 4.79 Å². The van der Waals surface area contributed by atoms with E-state index in [2.05, 4.69) is 32.3 Å². The summed E-state index contributed by atoms with van der Waals surface area (Å²) in [5, 5.41) is 3.12. The van der Waals surface area contributed by atoms with Crippen LogP contribution in [0.15, 0.2) is 49.6 Å². The van der Waals surface area contributed by atoms with Crippen molar-refractivity contribution < 1.29 is 9.53 Å². The Hall–Kier alpha value is -2.23. The van der Waals surface area contributed by atoms with Crippen molar-refractivity contribution in [1.82, 2.24) is 4.90 Å². The molecule has 1 rings (SSSR count). The number of rotatable bonds is 10. The molecule has 4 heteroatoms. The fourth-order valence-corrected chi connectivity index (χ4v) is 1.81. The number of carbonyl (C=O) groups is 1. The van der Waals surface area contributed by atoms with Gasteiger partial charge in [-0.05, 0) is 30.2 Å². The van der Waals surface area contributed by atoms with Crippen LogP contribution in [0.2, 0.25) is 0 Å². The van der Waals surface area contributed by atoms with Gasteiger partial charge in [-0.1, -0.05) is 26.0 Å². The summed E-state index contributed by atoms with van der Waals surface area (Å²) in [6.07, 6.45) is 3.42. The van der Waals surface area contributed by atoms with Gasteiger partial charge in [0.2, 0.25) is 5.91 Å². The van der Waals surface area contributed by atoms with Gasteiger partial charge in [0.1, 0.15) is 5.75 Å². The Morgan fingerprint density at radius 2 is 1.82 bits per heavy atom. The zero-order valence-corrected chi connectivity index (χ0v) is 13.5. The molecule has 0 unspecified atom stereocenters. The Morgan fingerprint density at radius 3 is 2.32 bits per heavy atom. The van der Waals surface area contributed by atoms with Gasteiger partial charge in [0.15, 0.2) is 0 Å². The molecule has 0 saturated carbocycles.